The van der Waals surface area contributed by atoms with Crippen molar-refractivity contribution in [2.45, 2.75) is 34.1 Å². The van der Waals surface area contributed by atoms with Crippen molar-refractivity contribution >= 4 is 17.5 Å². The predicted molar refractivity (Wildman–Crippen MR) is 76.0 cm³/mol. The molecule has 0 saturated carbocycles. The van der Waals surface area contributed by atoms with Crippen LogP contribution in [0.5, 0.6) is 0 Å². The molecule has 2 nitrogen and oxygen atoms in total. The Morgan fingerprint density at radius 2 is 2.12 bits per heavy atom. The van der Waals surface area contributed by atoms with Crippen LogP contribution in [0.4, 0.5) is 0 Å². The average molecular weight is 253 g/mol. The highest BCUT2D eigenvalue weighted by molar-refractivity contribution is 7.99. The van der Waals surface area contributed by atoms with Crippen LogP contribution in [0.1, 0.15) is 42.0 Å². The Labute approximate surface area is 109 Å². The smallest absolute Gasteiger partial charge is 0.174 e. The van der Waals surface area contributed by atoms with Crippen LogP contribution in [0.25, 0.3) is 0 Å². The van der Waals surface area contributed by atoms with Gasteiger partial charge in [-0.15, -0.1) is 0 Å². The fraction of sp³-hybridized carbons (Fsp3) is 0.643. The fourth-order valence-electron chi connectivity index (χ4n) is 1.69. The van der Waals surface area contributed by atoms with E-state index in [4.69, 9.17) is 0 Å². The lowest BCUT2D eigenvalue weighted by Crippen LogP contribution is -2.06. The number of aryl methyl sites for hydroxylation is 1. The summed E-state index contributed by atoms with van der Waals surface area (Å²) in [6.45, 7) is 8.47. The number of carbonyl (C=O) groups is 1. The predicted octanol–water partition coefficient (Wildman–Crippen LogP) is 3.60. The molecule has 1 unspecified atom stereocenters. The fourth-order valence-corrected chi connectivity index (χ4v) is 2.78. The molecule has 0 saturated heterocycles. The molecule has 0 aliphatic rings. The van der Waals surface area contributed by atoms with Gasteiger partial charge in [-0.1, -0.05) is 20.3 Å². The number of hydrogen-bond donors (Lipinski definition) is 0. The monoisotopic (exact) mass is 253 g/mol. The molecule has 1 atom stereocenters. The molecule has 0 amide bonds. The van der Waals surface area contributed by atoms with Gasteiger partial charge < -0.3 is 4.57 Å². The summed E-state index contributed by atoms with van der Waals surface area (Å²) >= 11 is 1.75. The van der Waals surface area contributed by atoms with Crippen LogP contribution in [0.2, 0.25) is 0 Å². The summed E-state index contributed by atoms with van der Waals surface area (Å²) < 4.78 is 2.08. The van der Waals surface area contributed by atoms with E-state index in [2.05, 4.69) is 18.4 Å². The second kappa shape index (κ2) is 6.29. The molecule has 0 N–H and O–H groups in total. The summed E-state index contributed by atoms with van der Waals surface area (Å²) in [4.78, 5) is 12.1. The number of carbonyl (C=O) groups excluding carboxylic acids is 1. The molecule has 0 bridgehead atoms. The lowest BCUT2D eigenvalue weighted by atomic mass is 10.2. The van der Waals surface area contributed by atoms with Crippen molar-refractivity contribution in [2.24, 2.45) is 13.0 Å². The highest BCUT2D eigenvalue weighted by Crippen LogP contribution is 2.17. The molecule has 0 aliphatic carbocycles. The van der Waals surface area contributed by atoms with Gasteiger partial charge in [-0.05, 0) is 31.6 Å². The number of ketones is 1. The topological polar surface area (TPSA) is 22.0 Å². The third-order valence-corrected chi connectivity index (χ3v) is 4.68. The Morgan fingerprint density at radius 3 is 2.59 bits per heavy atom. The van der Waals surface area contributed by atoms with Crippen LogP contribution in [0.3, 0.4) is 0 Å². The van der Waals surface area contributed by atoms with Gasteiger partial charge in [0.25, 0.3) is 0 Å². The quantitative estimate of drug-likeness (QED) is 0.723. The van der Waals surface area contributed by atoms with Crippen molar-refractivity contribution in [3.63, 3.8) is 0 Å². The van der Waals surface area contributed by atoms with E-state index in [9.17, 15) is 4.79 Å². The second-order valence-corrected chi connectivity index (χ2v) is 5.83. The summed E-state index contributed by atoms with van der Waals surface area (Å²) in [5, 5.41) is 0. The van der Waals surface area contributed by atoms with E-state index in [0.29, 0.717) is 11.7 Å². The van der Waals surface area contributed by atoms with Crippen molar-refractivity contribution in [1.82, 2.24) is 4.57 Å². The summed E-state index contributed by atoms with van der Waals surface area (Å²) in [5.74, 6) is 2.65. The molecule has 1 rings (SSSR count). The highest BCUT2D eigenvalue weighted by atomic mass is 32.2. The van der Waals surface area contributed by atoms with Crippen LogP contribution < -0.4 is 0 Å². The van der Waals surface area contributed by atoms with E-state index >= 15 is 0 Å². The van der Waals surface area contributed by atoms with Crippen LogP contribution in [-0.4, -0.2) is 21.9 Å². The SMILES string of the molecule is CCC(C)CSCC(=O)c1cc(C)n(C)c1C. The van der Waals surface area contributed by atoms with Gasteiger partial charge >= 0.3 is 0 Å². The molecule has 1 aromatic heterocycles. The Morgan fingerprint density at radius 1 is 1.47 bits per heavy atom. The zero-order chi connectivity index (χ0) is 13.0. The number of nitrogens with zero attached hydrogens (tertiary/aromatic N) is 1. The van der Waals surface area contributed by atoms with Crippen LogP contribution >= 0.6 is 11.8 Å². The maximum Gasteiger partial charge on any atom is 0.174 e. The van der Waals surface area contributed by atoms with Crippen molar-refractivity contribution in [3.8, 4) is 0 Å². The molecule has 0 fully saturated rings. The maximum atomic E-state index is 12.1. The molecule has 1 heterocycles. The lowest BCUT2D eigenvalue weighted by Gasteiger charge is -2.07. The van der Waals surface area contributed by atoms with E-state index in [1.807, 2.05) is 27.0 Å². The van der Waals surface area contributed by atoms with Gasteiger partial charge in [-0.3, -0.25) is 4.79 Å². The third-order valence-electron chi connectivity index (χ3n) is 3.41. The number of aromatic nitrogens is 1. The van der Waals surface area contributed by atoms with Crippen LogP contribution in [-0.2, 0) is 7.05 Å². The first-order valence-corrected chi connectivity index (χ1v) is 7.36. The van der Waals surface area contributed by atoms with Gasteiger partial charge in [0.05, 0.1) is 5.75 Å². The van der Waals surface area contributed by atoms with Crippen molar-refractivity contribution < 1.29 is 4.79 Å². The zero-order valence-corrected chi connectivity index (χ0v) is 12.4. The summed E-state index contributed by atoms with van der Waals surface area (Å²) in [6.07, 6.45) is 1.19. The highest BCUT2D eigenvalue weighted by Gasteiger charge is 2.14. The second-order valence-electron chi connectivity index (χ2n) is 4.80. The molecule has 3 heteroatoms. The Bertz CT molecular complexity index is 395. The minimum atomic E-state index is 0.263. The molecule has 0 aliphatic heterocycles. The average Bonchev–Trinajstić information content (AvgIpc) is 2.56. The van der Waals surface area contributed by atoms with E-state index in [1.165, 1.54) is 6.42 Å². The van der Waals surface area contributed by atoms with E-state index in [-0.39, 0.29) is 5.78 Å². The van der Waals surface area contributed by atoms with Crippen molar-refractivity contribution in [3.05, 3.63) is 23.0 Å². The van der Waals surface area contributed by atoms with Gasteiger partial charge in [0.1, 0.15) is 0 Å². The number of hydrogen-bond acceptors (Lipinski definition) is 2. The zero-order valence-electron chi connectivity index (χ0n) is 11.5. The van der Waals surface area contributed by atoms with E-state index < -0.39 is 0 Å². The molecule has 96 valence electrons. The normalized spacial score (nSPS) is 12.8. The summed E-state index contributed by atoms with van der Waals surface area (Å²) in [6, 6.07) is 2.00. The molecule has 0 aromatic carbocycles. The Hall–Kier alpha value is -0.700. The minimum absolute atomic E-state index is 0.263. The van der Waals surface area contributed by atoms with E-state index in [0.717, 1.165) is 22.7 Å². The Balaban J connectivity index is 2.56. The Kier molecular flexibility index (Phi) is 5.31. The largest absolute Gasteiger partial charge is 0.351 e. The first kappa shape index (κ1) is 14.4. The molecular formula is C14H23NOS. The summed E-state index contributed by atoms with van der Waals surface area (Å²) in [5.41, 5.74) is 3.12. The minimum Gasteiger partial charge on any atom is -0.351 e. The lowest BCUT2D eigenvalue weighted by molar-refractivity contribution is 0.102. The van der Waals surface area contributed by atoms with Crippen molar-refractivity contribution in [2.75, 3.05) is 11.5 Å². The summed E-state index contributed by atoms with van der Waals surface area (Å²) in [7, 11) is 2.01. The molecular weight excluding hydrogens is 230 g/mol. The van der Waals surface area contributed by atoms with Gasteiger partial charge in [-0.2, -0.15) is 11.8 Å². The first-order chi connectivity index (χ1) is 7.97. The molecule has 1 aromatic rings. The maximum absolute atomic E-state index is 12.1. The van der Waals surface area contributed by atoms with E-state index in [1.54, 1.807) is 11.8 Å². The van der Waals surface area contributed by atoms with Gasteiger partial charge in [0.2, 0.25) is 0 Å². The molecule has 17 heavy (non-hydrogen) atoms. The third kappa shape index (κ3) is 3.63. The standard InChI is InChI=1S/C14H23NOS/c1-6-10(2)8-17-9-14(16)13-7-11(3)15(5)12(13)4/h7,10H,6,8-9H2,1-5H3. The van der Waals surface area contributed by atoms with Gasteiger partial charge in [-0.25, -0.2) is 0 Å². The number of Topliss-reactive ketones (excluding diaryl/α,β-unsaturated/α-hetero) is 1. The van der Waals surface area contributed by atoms with Gasteiger partial charge in [0, 0.05) is 24.0 Å². The molecule has 0 spiro atoms. The van der Waals surface area contributed by atoms with Crippen LogP contribution in [0, 0.1) is 19.8 Å². The van der Waals surface area contributed by atoms with Crippen LogP contribution in [0.15, 0.2) is 6.07 Å². The van der Waals surface area contributed by atoms with Gasteiger partial charge in [0.15, 0.2) is 5.78 Å². The first-order valence-electron chi connectivity index (χ1n) is 6.21. The number of thioether (sulfide) groups is 1. The molecule has 0 radical (unpaired) electrons. The van der Waals surface area contributed by atoms with Crippen molar-refractivity contribution in [1.29, 1.82) is 0 Å². The number of rotatable bonds is 6.